The van der Waals surface area contributed by atoms with Crippen molar-refractivity contribution in [3.05, 3.63) is 32.8 Å². The van der Waals surface area contributed by atoms with Crippen LogP contribution in [0.5, 0.6) is 0 Å². The number of carboxylic acid groups (broad SMARTS) is 1. The van der Waals surface area contributed by atoms with E-state index in [2.05, 4.69) is 15.9 Å². The smallest absolute Gasteiger partial charge is 0.407 e. The minimum Gasteiger partial charge on any atom is -0.465 e. The molecule has 0 unspecified atom stereocenters. The second-order valence-corrected chi connectivity index (χ2v) is 5.58. The molecule has 0 aromatic heterocycles. The number of nitro groups is 1. The van der Waals surface area contributed by atoms with Crippen LogP contribution in [-0.4, -0.2) is 46.7 Å². The van der Waals surface area contributed by atoms with Crippen molar-refractivity contribution in [3.63, 3.8) is 0 Å². The fourth-order valence-corrected chi connectivity index (χ4v) is 2.72. The highest BCUT2D eigenvalue weighted by Gasteiger charge is 2.30. The van der Waals surface area contributed by atoms with Crippen LogP contribution in [0.25, 0.3) is 0 Å². The molecule has 2 rings (SSSR count). The van der Waals surface area contributed by atoms with Crippen molar-refractivity contribution in [3.8, 4) is 0 Å². The van der Waals surface area contributed by atoms with Gasteiger partial charge in [-0.15, -0.1) is 0 Å². The number of piperazine rings is 1. The standard InChI is InChI=1S/C12H14BrN3O4/c1-8-7-14(12(17)18)4-5-15(8)10-3-2-9(13)6-11(10)16(19)20/h2-3,6,8H,4-5,7H2,1H3,(H,17,18)/t8-/m0/s1. The SMILES string of the molecule is C[C@H]1CN(C(=O)O)CCN1c1ccc(Br)cc1[N+](=O)[O-]. The third-order valence-electron chi connectivity index (χ3n) is 3.34. The van der Waals surface area contributed by atoms with Crippen molar-refractivity contribution in [2.24, 2.45) is 0 Å². The van der Waals surface area contributed by atoms with Gasteiger partial charge in [0.2, 0.25) is 0 Å². The number of halogens is 1. The number of anilines is 1. The molecule has 1 saturated heterocycles. The fourth-order valence-electron chi connectivity index (χ4n) is 2.37. The number of rotatable bonds is 2. The molecule has 0 radical (unpaired) electrons. The van der Waals surface area contributed by atoms with Gasteiger partial charge in [0, 0.05) is 36.2 Å². The second kappa shape index (κ2) is 5.66. The van der Waals surface area contributed by atoms with Gasteiger partial charge in [0.05, 0.1) is 4.92 Å². The highest BCUT2D eigenvalue weighted by Crippen LogP contribution is 2.33. The van der Waals surface area contributed by atoms with Crippen LogP contribution in [0.15, 0.2) is 22.7 Å². The van der Waals surface area contributed by atoms with Gasteiger partial charge in [-0.1, -0.05) is 15.9 Å². The Morgan fingerprint density at radius 3 is 2.75 bits per heavy atom. The van der Waals surface area contributed by atoms with Gasteiger partial charge in [0.1, 0.15) is 5.69 Å². The Kier molecular flexibility index (Phi) is 4.12. The van der Waals surface area contributed by atoms with Crippen LogP contribution in [-0.2, 0) is 0 Å². The highest BCUT2D eigenvalue weighted by atomic mass is 79.9. The first-order chi connectivity index (χ1) is 9.40. The van der Waals surface area contributed by atoms with E-state index in [1.165, 1.54) is 11.0 Å². The van der Waals surface area contributed by atoms with E-state index in [9.17, 15) is 14.9 Å². The maximum absolute atomic E-state index is 11.1. The largest absolute Gasteiger partial charge is 0.465 e. The molecule has 1 atom stereocenters. The number of carbonyl (C=O) groups is 1. The zero-order valence-corrected chi connectivity index (χ0v) is 12.4. The van der Waals surface area contributed by atoms with Crippen LogP contribution in [0.1, 0.15) is 6.92 Å². The molecule has 1 heterocycles. The minimum absolute atomic E-state index is 0.0231. The molecule has 1 amide bonds. The van der Waals surface area contributed by atoms with E-state index in [0.717, 1.165) is 0 Å². The quantitative estimate of drug-likeness (QED) is 0.658. The number of hydrogen-bond donors (Lipinski definition) is 1. The molecule has 0 aliphatic carbocycles. The van der Waals surface area contributed by atoms with E-state index in [4.69, 9.17) is 5.11 Å². The molecule has 108 valence electrons. The average Bonchev–Trinajstić information content (AvgIpc) is 2.38. The van der Waals surface area contributed by atoms with Crippen LogP contribution < -0.4 is 4.90 Å². The number of amides is 1. The molecular formula is C12H14BrN3O4. The Morgan fingerprint density at radius 1 is 1.50 bits per heavy atom. The Bertz CT molecular complexity index is 552. The summed E-state index contributed by atoms with van der Waals surface area (Å²) in [4.78, 5) is 24.9. The number of benzene rings is 1. The first-order valence-electron chi connectivity index (χ1n) is 6.08. The van der Waals surface area contributed by atoms with Gasteiger partial charge in [0.25, 0.3) is 5.69 Å². The summed E-state index contributed by atoms with van der Waals surface area (Å²) in [7, 11) is 0. The van der Waals surface area contributed by atoms with Gasteiger partial charge in [-0.3, -0.25) is 10.1 Å². The molecular weight excluding hydrogens is 330 g/mol. The molecule has 7 nitrogen and oxygen atoms in total. The Morgan fingerprint density at radius 2 is 2.20 bits per heavy atom. The normalized spacial score (nSPS) is 19.0. The number of hydrogen-bond acceptors (Lipinski definition) is 4. The molecule has 0 bridgehead atoms. The maximum Gasteiger partial charge on any atom is 0.407 e. The fraction of sp³-hybridized carbons (Fsp3) is 0.417. The molecule has 0 saturated carbocycles. The number of nitrogens with zero attached hydrogens (tertiary/aromatic N) is 3. The predicted octanol–water partition coefficient (Wildman–Crippen LogP) is 2.55. The molecule has 1 aliphatic heterocycles. The summed E-state index contributed by atoms with van der Waals surface area (Å²) in [5.41, 5.74) is 0.547. The molecule has 1 aromatic rings. The van der Waals surface area contributed by atoms with Crippen LogP contribution in [0, 0.1) is 10.1 Å². The third-order valence-corrected chi connectivity index (χ3v) is 3.83. The summed E-state index contributed by atoms with van der Waals surface area (Å²) < 4.78 is 0.643. The van der Waals surface area contributed by atoms with Gasteiger partial charge in [-0.2, -0.15) is 0 Å². The molecule has 1 aliphatic rings. The summed E-state index contributed by atoms with van der Waals surface area (Å²) in [6.45, 7) is 2.98. The molecule has 1 aromatic carbocycles. The van der Waals surface area contributed by atoms with Crippen LogP contribution in [0.3, 0.4) is 0 Å². The molecule has 0 spiro atoms. The van der Waals surface area contributed by atoms with E-state index >= 15 is 0 Å². The summed E-state index contributed by atoms with van der Waals surface area (Å²) in [6, 6.07) is 4.79. The molecule has 1 N–H and O–H groups in total. The highest BCUT2D eigenvalue weighted by molar-refractivity contribution is 9.10. The maximum atomic E-state index is 11.1. The number of nitro benzene ring substituents is 1. The van der Waals surface area contributed by atoms with Crippen molar-refractivity contribution < 1.29 is 14.8 Å². The first kappa shape index (κ1) is 14.6. The van der Waals surface area contributed by atoms with Crippen molar-refractivity contribution in [1.29, 1.82) is 0 Å². The monoisotopic (exact) mass is 343 g/mol. The van der Waals surface area contributed by atoms with E-state index < -0.39 is 11.0 Å². The molecule has 20 heavy (non-hydrogen) atoms. The summed E-state index contributed by atoms with van der Waals surface area (Å²) in [5, 5.41) is 20.1. The van der Waals surface area contributed by atoms with E-state index in [-0.39, 0.29) is 11.7 Å². The zero-order chi connectivity index (χ0) is 14.9. The van der Waals surface area contributed by atoms with E-state index in [1.54, 1.807) is 12.1 Å². The van der Waals surface area contributed by atoms with Gasteiger partial charge >= 0.3 is 6.09 Å². The van der Waals surface area contributed by atoms with Crippen molar-refractivity contribution in [2.75, 3.05) is 24.5 Å². The van der Waals surface area contributed by atoms with Crippen LogP contribution >= 0.6 is 15.9 Å². The Hall–Kier alpha value is -1.83. The van der Waals surface area contributed by atoms with Gasteiger partial charge in [-0.25, -0.2) is 4.79 Å². The topological polar surface area (TPSA) is 86.9 Å². The van der Waals surface area contributed by atoms with E-state index in [1.807, 2.05) is 11.8 Å². The van der Waals surface area contributed by atoms with Crippen molar-refractivity contribution >= 4 is 33.4 Å². The molecule has 8 heteroatoms. The summed E-state index contributed by atoms with van der Waals surface area (Å²) >= 11 is 3.22. The summed E-state index contributed by atoms with van der Waals surface area (Å²) in [6.07, 6.45) is -0.957. The second-order valence-electron chi connectivity index (χ2n) is 4.66. The van der Waals surface area contributed by atoms with Gasteiger partial charge in [-0.05, 0) is 19.1 Å². The third kappa shape index (κ3) is 2.84. The predicted molar refractivity (Wildman–Crippen MR) is 77.2 cm³/mol. The average molecular weight is 344 g/mol. The van der Waals surface area contributed by atoms with E-state index in [0.29, 0.717) is 29.8 Å². The van der Waals surface area contributed by atoms with Crippen LogP contribution in [0.4, 0.5) is 16.2 Å². The lowest BCUT2D eigenvalue weighted by molar-refractivity contribution is -0.384. The van der Waals surface area contributed by atoms with Crippen molar-refractivity contribution in [2.45, 2.75) is 13.0 Å². The lowest BCUT2D eigenvalue weighted by Gasteiger charge is -2.39. The molecule has 1 fully saturated rings. The minimum atomic E-state index is -0.957. The first-order valence-corrected chi connectivity index (χ1v) is 6.88. The lowest BCUT2D eigenvalue weighted by Crippen LogP contribution is -2.53. The Balaban J connectivity index is 2.29. The zero-order valence-electron chi connectivity index (χ0n) is 10.8. The lowest BCUT2D eigenvalue weighted by atomic mass is 10.1. The Labute approximate surface area is 124 Å². The van der Waals surface area contributed by atoms with Gasteiger partial charge in [0.15, 0.2) is 0 Å². The van der Waals surface area contributed by atoms with Gasteiger partial charge < -0.3 is 14.9 Å². The summed E-state index contributed by atoms with van der Waals surface area (Å²) in [5.74, 6) is 0. The van der Waals surface area contributed by atoms with Crippen LogP contribution in [0.2, 0.25) is 0 Å². The van der Waals surface area contributed by atoms with Crippen molar-refractivity contribution in [1.82, 2.24) is 4.90 Å².